The Morgan fingerprint density at radius 2 is 1.73 bits per heavy atom. The number of rotatable bonds is 6. The first kappa shape index (κ1) is 26.5. The van der Waals surface area contributed by atoms with E-state index in [2.05, 4.69) is 25.6 Å². The highest BCUT2D eigenvalue weighted by Crippen LogP contribution is 2.30. The van der Waals surface area contributed by atoms with E-state index in [9.17, 15) is 22.8 Å². The molecule has 0 spiro atoms. The molecule has 0 fully saturated rings. The maximum atomic E-state index is 13.2. The number of aryl methyl sites for hydroxylation is 2. The number of nitrogens with one attached hydrogen (secondary N) is 2. The molecule has 0 aliphatic heterocycles. The summed E-state index contributed by atoms with van der Waals surface area (Å²) in [6, 6.07) is 18.7. The van der Waals surface area contributed by atoms with Crippen LogP contribution in [0.5, 0.6) is 0 Å². The number of hydrogen-bond acceptors (Lipinski definition) is 6. The number of nitrogens with zero attached hydrogens (tertiary/aromatic N) is 4. The summed E-state index contributed by atoms with van der Waals surface area (Å²) in [7, 11) is 0. The summed E-state index contributed by atoms with van der Waals surface area (Å²) < 4.78 is 40.6. The minimum Gasteiger partial charge on any atom is -0.350 e. The molecule has 202 valence electrons. The van der Waals surface area contributed by atoms with Gasteiger partial charge in [-0.25, -0.2) is 9.78 Å². The number of amides is 1. The van der Waals surface area contributed by atoms with E-state index in [4.69, 9.17) is 0 Å². The number of anilines is 2. The van der Waals surface area contributed by atoms with Crippen LogP contribution in [-0.4, -0.2) is 25.4 Å². The minimum absolute atomic E-state index is 0.147. The quantitative estimate of drug-likeness (QED) is 0.285. The average molecular weight is 545 g/mol. The first-order valence-electron chi connectivity index (χ1n) is 12.2. The molecule has 40 heavy (non-hydrogen) atoms. The van der Waals surface area contributed by atoms with Gasteiger partial charge in [0.05, 0.1) is 16.6 Å². The molecule has 11 heteroatoms. The fourth-order valence-corrected chi connectivity index (χ4v) is 4.23. The third-order valence-electron chi connectivity index (χ3n) is 6.34. The fraction of sp³-hybridized carbons (Fsp3) is 0.138. The summed E-state index contributed by atoms with van der Waals surface area (Å²) in [6.45, 7) is 4.02. The molecule has 0 saturated carbocycles. The van der Waals surface area contributed by atoms with Crippen molar-refractivity contribution in [1.82, 2.24) is 19.5 Å². The maximum Gasteiger partial charge on any atom is 0.416 e. The van der Waals surface area contributed by atoms with Gasteiger partial charge in [0, 0.05) is 29.7 Å². The molecule has 2 heterocycles. The van der Waals surface area contributed by atoms with Crippen molar-refractivity contribution in [1.29, 1.82) is 0 Å². The van der Waals surface area contributed by atoms with E-state index in [-0.39, 0.29) is 11.2 Å². The van der Waals surface area contributed by atoms with Crippen molar-refractivity contribution >= 4 is 28.6 Å². The van der Waals surface area contributed by atoms with Gasteiger partial charge in [0.2, 0.25) is 5.95 Å². The molecule has 1 amide bonds. The molecule has 5 aromatic rings. The average Bonchev–Trinajstić information content (AvgIpc) is 2.93. The summed E-state index contributed by atoms with van der Waals surface area (Å²) in [5.41, 5.74) is 1.62. The third-order valence-corrected chi connectivity index (χ3v) is 6.34. The number of carbonyl (C=O) groups is 1. The Hall–Kier alpha value is -5.06. The molecule has 8 nitrogen and oxygen atoms in total. The van der Waals surface area contributed by atoms with E-state index in [0.29, 0.717) is 40.5 Å². The first-order chi connectivity index (χ1) is 19.1. The van der Waals surface area contributed by atoms with Crippen molar-refractivity contribution in [2.75, 3.05) is 10.6 Å². The van der Waals surface area contributed by atoms with Gasteiger partial charge in [0.15, 0.2) is 5.65 Å². The Balaban J connectivity index is 1.44. The van der Waals surface area contributed by atoms with Gasteiger partial charge in [-0.05, 0) is 55.3 Å². The second-order valence-corrected chi connectivity index (χ2v) is 9.12. The number of halogens is 3. The zero-order valence-corrected chi connectivity index (χ0v) is 21.5. The van der Waals surface area contributed by atoms with Crippen LogP contribution < -0.4 is 16.3 Å². The van der Waals surface area contributed by atoms with E-state index in [1.807, 2.05) is 30.3 Å². The number of carbonyl (C=O) groups excluding carboxylic acids is 1. The molecule has 5 rings (SSSR count). The monoisotopic (exact) mass is 544 g/mol. The molecule has 2 N–H and O–H groups in total. The van der Waals surface area contributed by atoms with E-state index in [0.717, 1.165) is 17.7 Å². The van der Waals surface area contributed by atoms with Crippen molar-refractivity contribution in [3.05, 3.63) is 117 Å². The lowest BCUT2D eigenvalue weighted by atomic mass is 10.1. The van der Waals surface area contributed by atoms with Crippen LogP contribution in [-0.2, 0) is 12.7 Å². The van der Waals surface area contributed by atoms with E-state index < -0.39 is 23.3 Å². The van der Waals surface area contributed by atoms with Crippen molar-refractivity contribution in [3.63, 3.8) is 0 Å². The Labute approximate surface area is 226 Å². The molecule has 0 unspecified atom stereocenters. The van der Waals surface area contributed by atoms with Crippen LogP contribution in [0.25, 0.3) is 16.7 Å². The number of fused-ring (bicyclic) bond motifs is 1. The van der Waals surface area contributed by atoms with Gasteiger partial charge in [-0.15, -0.1) is 0 Å². The van der Waals surface area contributed by atoms with Crippen LogP contribution in [0.2, 0.25) is 0 Å². The molecule has 0 aliphatic carbocycles. The fourth-order valence-electron chi connectivity index (χ4n) is 4.23. The van der Waals surface area contributed by atoms with Crippen LogP contribution >= 0.6 is 0 Å². The van der Waals surface area contributed by atoms with Gasteiger partial charge in [0.1, 0.15) is 0 Å². The predicted molar refractivity (Wildman–Crippen MR) is 146 cm³/mol. The molecule has 3 aromatic carbocycles. The topological polar surface area (TPSA) is 102 Å². The molecule has 2 aromatic heterocycles. The second-order valence-electron chi connectivity index (χ2n) is 9.12. The van der Waals surface area contributed by atoms with E-state index in [1.54, 1.807) is 38.2 Å². The summed E-state index contributed by atoms with van der Waals surface area (Å²) >= 11 is 0. The van der Waals surface area contributed by atoms with Crippen LogP contribution in [0.3, 0.4) is 0 Å². The first-order valence-corrected chi connectivity index (χ1v) is 12.2. The van der Waals surface area contributed by atoms with Crippen molar-refractivity contribution in [2.24, 2.45) is 0 Å². The van der Waals surface area contributed by atoms with Gasteiger partial charge in [0.25, 0.3) is 5.91 Å². The Kier molecular flexibility index (Phi) is 7.03. The standard InChI is InChI=1S/C29H23F3N6O2/c1-17-11-12-22(35-26(39)20-9-6-10-21(13-20)29(30,31)32)14-24(17)38-18(2)23-16-34-27(36-25(23)37-28(38)40)33-15-19-7-4-3-5-8-19/h3-14,16H,15H2,1-2H3,(H,35,39)(H,33,36,37,40). The zero-order chi connectivity index (χ0) is 28.4. The smallest absolute Gasteiger partial charge is 0.350 e. The highest BCUT2D eigenvalue weighted by atomic mass is 19.4. The van der Waals surface area contributed by atoms with Crippen LogP contribution in [0, 0.1) is 13.8 Å². The number of hydrogen-bond donors (Lipinski definition) is 2. The highest BCUT2D eigenvalue weighted by molar-refractivity contribution is 6.04. The van der Waals surface area contributed by atoms with Crippen LogP contribution in [0.4, 0.5) is 24.8 Å². The molecule has 0 radical (unpaired) electrons. The van der Waals surface area contributed by atoms with Crippen molar-refractivity contribution in [3.8, 4) is 5.69 Å². The summed E-state index contributed by atoms with van der Waals surface area (Å²) in [6.07, 6.45) is -2.99. The number of aromatic nitrogens is 4. The van der Waals surface area contributed by atoms with Crippen LogP contribution in [0.15, 0.2) is 83.8 Å². The molecule has 0 saturated heterocycles. The maximum absolute atomic E-state index is 13.2. The minimum atomic E-state index is -4.57. The van der Waals surface area contributed by atoms with Gasteiger partial charge < -0.3 is 10.6 Å². The van der Waals surface area contributed by atoms with Gasteiger partial charge in [-0.3, -0.25) is 9.36 Å². The van der Waals surface area contributed by atoms with Gasteiger partial charge >= 0.3 is 11.9 Å². The largest absolute Gasteiger partial charge is 0.416 e. The SMILES string of the molecule is Cc1ccc(NC(=O)c2cccc(C(F)(F)F)c2)cc1-n1c(C)c2cnc(NCc3ccccc3)nc2nc1=O. The predicted octanol–water partition coefficient (Wildman–Crippen LogP) is 5.68. The van der Waals surface area contributed by atoms with Gasteiger partial charge in [-0.2, -0.15) is 23.1 Å². The van der Waals surface area contributed by atoms with Crippen LogP contribution in [0.1, 0.15) is 32.7 Å². The highest BCUT2D eigenvalue weighted by Gasteiger charge is 2.31. The lowest BCUT2D eigenvalue weighted by Gasteiger charge is -2.16. The Morgan fingerprint density at radius 3 is 2.48 bits per heavy atom. The van der Waals surface area contributed by atoms with Crippen molar-refractivity contribution < 1.29 is 18.0 Å². The summed E-state index contributed by atoms with van der Waals surface area (Å²) in [5.74, 6) is -0.388. The Morgan fingerprint density at radius 1 is 0.950 bits per heavy atom. The molecule has 0 bridgehead atoms. The van der Waals surface area contributed by atoms with Gasteiger partial charge in [-0.1, -0.05) is 42.5 Å². The number of benzene rings is 3. The third kappa shape index (κ3) is 5.53. The zero-order valence-electron chi connectivity index (χ0n) is 21.5. The molecular formula is C29H23F3N6O2. The molecule has 0 atom stereocenters. The van der Waals surface area contributed by atoms with Crippen molar-refractivity contribution in [2.45, 2.75) is 26.6 Å². The lowest BCUT2D eigenvalue weighted by molar-refractivity contribution is -0.137. The summed E-state index contributed by atoms with van der Waals surface area (Å²) in [4.78, 5) is 38.8. The summed E-state index contributed by atoms with van der Waals surface area (Å²) in [5, 5.41) is 6.29. The molecular weight excluding hydrogens is 521 g/mol. The molecule has 0 aliphatic rings. The van der Waals surface area contributed by atoms with E-state index in [1.165, 1.54) is 16.7 Å². The number of alkyl halides is 3. The Bertz CT molecular complexity index is 1790. The van der Waals surface area contributed by atoms with E-state index >= 15 is 0 Å². The normalized spacial score (nSPS) is 11.4. The second kappa shape index (κ2) is 10.6. The lowest BCUT2D eigenvalue weighted by Crippen LogP contribution is -2.25.